The number of anilines is 1. The van der Waals surface area contributed by atoms with Gasteiger partial charge in [0.15, 0.2) is 5.78 Å². The van der Waals surface area contributed by atoms with E-state index in [1.807, 2.05) is 0 Å². The molecule has 2 aromatic rings. The summed E-state index contributed by atoms with van der Waals surface area (Å²) in [6.45, 7) is 0. The van der Waals surface area contributed by atoms with Crippen molar-refractivity contribution in [3.05, 3.63) is 77.5 Å². The number of hydrogen-bond acceptors (Lipinski definition) is 5. The SMILES string of the molecule is COC(=O)/C(=C/C(=O)c1ccccc1)Nc1ccc(C(=O)O)cc1. The molecule has 0 bridgehead atoms. The van der Waals surface area contributed by atoms with Crippen LogP contribution >= 0.6 is 0 Å². The second-order valence-electron chi connectivity index (χ2n) is 4.79. The molecule has 2 aromatic carbocycles. The number of esters is 1. The molecule has 0 atom stereocenters. The second kappa shape index (κ2) is 7.73. The standard InChI is InChI=1S/C18H15NO5/c1-24-18(23)15(11-16(20)12-5-3-2-4-6-12)19-14-9-7-13(8-10-14)17(21)22/h2-11,19H,1H3,(H,21,22)/b15-11-. The number of nitrogens with one attached hydrogen (secondary N) is 1. The molecular formula is C18H15NO5. The highest BCUT2D eigenvalue weighted by Crippen LogP contribution is 2.14. The van der Waals surface area contributed by atoms with E-state index in [-0.39, 0.29) is 17.0 Å². The Morgan fingerprint density at radius 1 is 0.958 bits per heavy atom. The van der Waals surface area contributed by atoms with Gasteiger partial charge in [-0.1, -0.05) is 30.3 Å². The molecule has 0 unspecified atom stereocenters. The molecule has 6 heteroatoms. The fourth-order valence-corrected chi connectivity index (χ4v) is 1.92. The van der Waals surface area contributed by atoms with Crippen LogP contribution in [0.2, 0.25) is 0 Å². The third-order valence-corrected chi connectivity index (χ3v) is 3.15. The average molecular weight is 325 g/mol. The molecule has 2 N–H and O–H groups in total. The summed E-state index contributed by atoms with van der Waals surface area (Å²) in [6.07, 6.45) is 1.15. The normalized spacial score (nSPS) is 10.8. The van der Waals surface area contributed by atoms with Crippen LogP contribution in [0.5, 0.6) is 0 Å². The van der Waals surface area contributed by atoms with Gasteiger partial charge in [0.05, 0.1) is 12.7 Å². The van der Waals surface area contributed by atoms with Crippen LogP contribution in [-0.4, -0.2) is 29.9 Å². The van der Waals surface area contributed by atoms with Crippen molar-refractivity contribution in [2.24, 2.45) is 0 Å². The number of allylic oxidation sites excluding steroid dienone is 1. The first-order chi connectivity index (χ1) is 11.5. The van der Waals surface area contributed by atoms with E-state index in [1.165, 1.54) is 31.4 Å². The molecule has 24 heavy (non-hydrogen) atoms. The van der Waals surface area contributed by atoms with E-state index < -0.39 is 11.9 Å². The molecule has 0 fully saturated rings. The van der Waals surface area contributed by atoms with Crippen molar-refractivity contribution in [3.63, 3.8) is 0 Å². The minimum Gasteiger partial charge on any atom is -0.478 e. The van der Waals surface area contributed by atoms with E-state index >= 15 is 0 Å². The number of carboxylic acid groups (broad SMARTS) is 1. The van der Waals surface area contributed by atoms with E-state index in [9.17, 15) is 14.4 Å². The predicted molar refractivity (Wildman–Crippen MR) is 87.9 cm³/mol. The van der Waals surface area contributed by atoms with Crippen LogP contribution in [0.4, 0.5) is 5.69 Å². The molecule has 0 aromatic heterocycles. The van der Waals surface area contributed by atoms with E-state index in [0.717, 1.165) is 6.08 Å². The van der Waals surface area contributed by atoms with Crippen molar-refractivity contribution in [2.45, 2.75) is 0 Å². The van der Waals surface area contributed by atoms with Crippen molar-refractivity contribution in [1.82, 2.24) is 0 Å². The van der Waals surface area contributed by atoms with Crippen LogP contribution in [-0.2, 0) is 9.53 Å². The maximum absolute atomic E-state index is 12.2. The van der Waals surface area contributed by atoms with Crippen LogP contribution < -0.4 is 5.32 Å². The first-order valence-corrected chi connectivity index (χ1v) is 7.01. The Morgan fingerprint density at radius 2 is 1.58 bits per heavy atom. The van der Waals surface area contributed by atoms with Crippen LogP contribution in [0, 0.1) is 0 Å². The van der Waals surface area contributed by atoms with Crippen molar-refractivity contribution < 1.29 is 24.2 Å². The van der Waals surface area contributed by atoms with Gasteiger partial charge in [0, 0.05) is 17.3 Å². The Morgan fingerprint density at radius 3 is 2.12 bits per heavy atom. The third kappa shape index (κ3) is 4.30. The fourth-order valence-electron chi connectivity index (χ4n) is 1.92. The molecule has 0 aliphatic rings. The second-order valence-corrected chi connectivity index (χ2v) is 4.79. The van der Waals surface area contributed by atoms with Gasteiger partial charge in [-0.2, -0.15) is 0 Å². The molecule has 0 aliphatic heterocycles. The van der Waals surface area contributed by atoms with Crippen molar-refractivity contribution >= 4 is 23.4 Å². The van der Waals surface area contributed by atoms with Crippen LogP contribution in [0.15, 0.2) is 66.4 Å². The number of ether oxygens (including phenoxy) is 1. The highest BCUT2D eigenvalue weighted by atomic mass is 16.5. The molecule has 122 valence electrons. The topological polar surface area (TPSA) is 92.7 Å². The number of aromatic carboxylic acids is 1. The van der Waals surface area contributed by atoms with Gasteiger partial charge in [0.2, 0.25) is 0 Å². The number of benzene rings is 2. The Bertz CT molecular complexity index is 779. The predicted octanol–water partition coefficient (Wildman–Crippen LogP) is 2.74. The highest BCUT2D eigenvalue weighted by Gasteiger charge is 2.13. The summed E-state index contributed by atoms with van der Waals surface area (Å²) in [7, 11) is 1.21. The lowest BCUT2D eigenvalue weighted by atomic mass is 10.1. The largest absolute Gasteiger partial charge is 0.478 e. The fraction of sp³-hybridized carbons (Fsp3) is 0.0556. The summed E-state index contributed by atoms with van der Waals surface area (Å²) in [4.78, 5) is 34.9. The Labute approximate surface area is 138 Å². The number of methoxy groups -OCH3 is 1. The Balaban J connectivity index is 2.25. The van der Waals surface area contributed by atoms with Gasteiger partial charge in [-0.15, -0.1) is 0 Å². The minimum atomic E-state index is -1.05. The molecule has 0 amide bonds. The number of carbonyl (C=O) groups excluding carboxylic acids is 2. The van der Waals surface area contributed by atoms with Gasteiger partial charge >= 0.3 is 11.9 Å². The molecular weight excluding hydrogens is 310 g/mol. The van der Waals surface area contributed by atoms with Crippen LogP contribution in [0.25, 0.3) is 0 Å². The summed E-state index contributed by atoms with van der Waals surface area (Å²) < 4.78 is 4.67. The summed E-state index contributed by atoms with van der Waals surface area (Å²) >= 11 is 0. The smallest absolute Gasteiger partial charge is 0.354 e. The van der Waals surface area contributed by atoms with E-state index in [0.29, 0.717) is 11.3 Å². The van der Waals surface area contributed by atoms with Crippen molar-refractivity contribution in [3.8, 4) is 0 Å². The molecule has 2 rings (SSSR count). The van der Waals surface area contributed by atoms with Gasteiger partial charge in [0.25, 0.3) is 0 Å². The molecule has 0 aliphatic carbocycles. The van der Waals surface area contributed by atoms with Crippen LogP contribution in [0.1, 0.15) is 20.7 Å². The lowest BCUT2D eigenvalue weighted by Crippen LogP contribution is -2.15. The van der Waals surface area contributed by atoms with Crippen molar-refractivity contribution in [1.29, 1.82) is 0 Å². The third-order valence-electron chi connectivity index (χ3n) is 3.15. The zero-order valence-electron chi connectivity index (χ0n) is 12.9. The summed E-state index contributed by atoms with van der Waals surface area (Å²) in [5, 5.41) is 11.6. The maximum Gasteiger partial charge on any atom is 0.354 e. The monoisotopic (exact) mass is 325 g/mol. The van der Waals surface area contributed by atoms with E-state index in [2.05, 4.69) is 10.1 Å². The Kier molecular flexibility index (Phi) is 5.46. The van der Waals surface area contributed by atoms with Gasteiger partial charge in [-0.3, -0.25) is 4.79 Å². The van der Waals surface area contributed by atoms with Gasteiger partial charge in [0.1, 0.15) is 5.70 Å². The average Bonchev–Trinajstić information content (AvgIpc) is 2.61. The molecule has 0 saturated carbocycles. The maximum atomic E-state index is 12.2. The zero-order chi connectivity index (χ0) is 17.5. The number of carbonyl (C=O) groups is 3. The first kappa shape index (κ1) is 17.0. The lowest BCUT2D eigenvalue weighted by Gasteiger charge is -2.09. The number of ketones is 1. The zero-order valence-corrected chi connectivity index (χ0v) is 12.9. The molecule has 0 radical (unpaired) electrons. The molecule has 0 heterocycles. The number of carboxylic acids is 1. The van der Waals surface area contributed by atoms with Crippen molar-refractivity contribution in [2.75, 3.05) is 12.4 Å². The lowest BCUT2D eigenvalue weighted by molar-refractivity contribution is -0.135. The number of hydrogen-bond donors (Lipinski definition) is 2. The number of rotatable bonds is 6. The minimum absolute atomic E-state index is 0.0468. The van der Waals surface area contributed by atoms with Gasteiger partial charge < -0.3 is 15.2 Å². The summed E-state index contributed by atoms with van der Waals surface area (Å²) in [5.74, 6) is -2.11. The summed E-state index contributed by atoms with van der Waals surface area (Å²) in [5.41, 5.74) is 0.957. The van der Waals surface area contributed by atoms with Crippen LogP contribution in [0.3, 0.4) is 0 Å². The van der Waals surface area contributed by atoms with Gasteiger partial charge in [-0.25, -0.2) is 9.59 Å². The molecule has 0 spiro atoms. The molecule has 6 nitrogen and oxygen atoms in total. The van der Waals surface area contributed by atoms with E-state index in [1.54, 1.807) is 30.3 Å². The highest BCUT2D eigenvalue weighted by molar-refractivity contribution is 6.09. The molecule has 0 saturated heterocycles. The van der Waals surface area contributed by atoms with Gasteiger partial charge in [-0.05, 0) is 24.3 Å². The first-order valence-electron chi connectivity index (χ1n) is 7.01. The summed E-state index contributed by atoms with van der Waals surface area (Å²) in [6, 6.07) is 14.3. The quantitative estimate of drug-likeness (QED) is 0.482. The Hall–Kier alpha value is -3.41. The van der Waals surface area contributed by atoms with E-state index in [4.69, 9.17) is 5.11 Å².